The highest BCUT2D eigenvalue weighted by atomic mass is 32.2. The molecule has 2 heterocycles. The van der Waals surface area contributed by atoms with Gasteiger partial charge in [-0.3, -0.25) is 4.79 Å². The molecule has 8 heteroatoms. The Hall–Kier alpha value is -2.45. The Labute approximate surface area is 152 Å². The number of nitrogens with zero attached hydrogens (tertiary/aromatic N) is 3. The van der Waals surface area contributed by atoms with Crippen LogP contribution >= 0.6 is 23.5 Å². The van der Waals surface area contributed by atoms with E-state index in [4.69, 9.17) is 10.2 Å². The lowest BCUT2D eigenvalue weighted by Gasteiger charge is -2.31. The van der Waals surface area contributed by atoms with Gasteiger partial charge in [0.05, 0.1) is 17.1 Å². The first-order chi connectivity index (χ1) is 12.2. The predicted octanol–water partition coefficient (Wildman–Crippen LogP) is 3.45. The maximum Gasteiger partial charge on any atom is 0.277 e. The van der Waals surface area contributed by atoms with E-state index in [1.807, 2.05) is 24.3 Å². The fourth-order valence-electron chi connectivity index (χ4n) is 2.58. The number of hydrogen-bond donors (Lipinski definition) is 1. The number of thioether (sulfide) groups is 1. The lowest BCUT2D eigenvalue weighted by molar-refractivity contribution is -0.115. The Morgan fingerprint density at radius 1 is 1.08 bits per heavy atom. The van der Waals surface area contributed by atoms with E-state index in [9.17, 15) is 4.79 Å². The first-order valence-electron chi connectivity index (χ1n) is 7.57. The second kappa shape index (κ2) is 6.81. The van der Waals surface area contributed by atoms with Crippen LogP contribution in [0.2, 0.25) is 0 Å². The van der Waals surface area contributed by atoms with Gasteiger partial charge in [-0.05, 0) is 24.3 Å². The SMILES string of the molecule is NC(=O)CSc1nnc(CN2c3ccccc3Sc3ccccc32)o1. The molecule has 0 saturated carbocycles. The minimum Gasteiger partial charge on any atom is -0.414 e. The van der Waals surface area contributed by atoms with Gasteiger partial charge in [0.1, 0.15) is 6.54 Å². The van der Waals surface area contributed by atoms with Gasteiger partial charge in [-0.2, -0.15) is 0 Å². The van der Waals surface area contributed by atoms with Crippen molar-refractivity contribution in [1.29, 1.82) is 0 Å². The van der Waals surface area contributed by atoms with Crippen molar-refractivity contribution in [2.45, 2.75) is 21.6 Å². The molecule has 0 radical (unpaired) electrons. The Bertz CT molecular complexity index is 883. The summed E-state index contributed by atoms with van der Waals surface area (Å²) in [5, 5.41) is 8.42. The number of hydrogen-bond acceptors (Lipinski definition) is 7. The summed E-state index contributed by atoms with van der Waals surface area (Å²) < 4.78 is 5.65. The van der Waals surface area contributed by atoms with E-state index in [-0.39, 0.29) is 5.75 Å². The van der Waals surface area contributed by atoms with Gasteiger partial charge in [-0.1, -0.05) is 47.8 Å². The van der Waals surface area contributed by atoms with E-state index in [1.165, 1.54) is 9.79 Å². The van der Waals surface area contributed by atoms with Crippen LogP contribution in [-0.4, -0.2) is 21.9 Å². The van der Waals surface area contributed by atoms with Crippen LogP contribution in [0.3, 0.4) is 0 Å². The summed E-state index contributed by atoms with van der Waals surface area (Å²) in [4.78, 5) is 15.4. The number of carbonyl (C=O) groups excluding carboxylic acids is 1. The van der Waals surface area contributed by atoms with Crippen LogP contribution in [0.5, 0.6) is 0 Å². The van der Waals surface area contributed by atoms with E-state index < -0.39 is 5.91 Å². The number of para-hydroxylation sites is 2. The third kappa shape index (κ3) is 3.35. The molecule has 1 amide bonds. The zero-order valence-corrected chi connectivity index (χ0v) is 14.7. The van der Waals surface area contributed by atoms with Crippen molar-refractivity contribution in [3.05, 3.63) is 54.4 Å². The molecule has 2 aromatic carbocycles. The second-order valence-corrected chi connectivity index (χ2v) is 7.35. The second-order valence-electron chi connectivity index (χ2n) is 5.34. The van der Waals surface area contributed by atoms with Crippen molar-refractivity contribution in [2.24, 2.45) is 5.73 Å². The van der Waals surface area contributed by atoms with Crippen LogP contribution in [0.4, 0.5) is 11.4 Å². The monoisotopic (exact) mass is 370 g/mol. The molecule has 0 unspecified atom stereocenters. The molecule has 0 atom stereocenters. The predicted molar refractivity (Wildman–Crippen MR) is 97.1 cm³/mol. The number of fused-ring (bicyclic) bond motifs is 2. The number of benzene rings is 2. The lowest BCUT2D eigenvalue weighted by Crippen LogP contribution is -2.20. The molecule has 1 aromatic heterocycles. The van der Waals surface area contributed by atoms with Crippen LogP contribution < -0.4 is 10.6 Å². The van der Waals surface area contributed by atoms with Gasteiger partial charge in [0.15, 0.2) is 0 Å². The van der Waals surface area contributed by atoms with Crippen molar-refractivity contribution in [1.82, 2.24) is 10.2 Å². The fraction of sp³-hybridized carbons (Fsp3) is 0.118. The number of primary amides is 1. The highest BCUT2D eigenvalue weighted by Crippen LogP contribution is 2.48. The van der Waals surface area contributed by atoms with Gasteiger partial charge >= 0.3 is 0 Å². The van der Waals surface area contributed by atoms with Crippen molar-refractivity contribution in [3.63, 3.8) is 0 Å². The molecule has 0 fully saturated rings. The van der Waals surface area contributed by atoms with Crippen LogP contribution in [0, 0.1) is 0 Å². The summed E-state index contributed by atoms with van der Waals surface area (Å²) >= 11 is 2.89. The fourth-order valence-corrected chi connectivity index (χ4v) is 4.20. The normalized spacial score (nSPS) is 12.6. The number of carbonyl (C=O) groups is 1. The number of aromatic nitrogens is 2. The molecule has 0 spiro atoms. The van der Waals surface area contributed by atoms with Crippen molar-refractivity contribution >= 4 is 40.8 Å². The van der Waals surface area contributed by atoms with Crippen molar-refractivity contribution in [3.8, 4) is 0 Å². The summed E-state index contributed by atoms with van der Waals surface area (Å²) in [5.74, 6) is 0.192. The Morgan fingerprint density at radius 2 is 1.72 bits per heavy atom. The largest absolute Gasteiger partial charge is 0.414 e. The number of amides is 1. The number of anilines is 2. The standard InChI is InChI=1S/C17H14N4O2S2/c18-15(22)10-24-17-20-19-16(23-17)9-21-11-5-1-3-7-13(11)25-14-8-4-2-6-12(14)21/h1-8H,9-10H2,(H2,18,22). The minimum atomic E-state index is -0.416. The van der Waals surface area contributed by atoms with E-state index in [2.05, 4.69) is 39.4 Å². The first-order valence-corrected chi connectivity index (χ1v) is 9.38. The van der Waals surface area contributed by atoms with Crippen molar-refractivity contribution in [2.75, 3.05) is 10.7 Å². The summed E-state index contributed by atoms with van der Waals surface area (Å²) in [7, 11) is 0. The van der Waals surface area contributed by atoms with Crippen LogP contribution in [0.15, 0.2) is 68.0 Å². The zero-order chi connectivity index (χ0) is 17.2. The molecule has 0 bridgehead atoms. The molecule has 0 saturated heterocycles. The molecule has 126 valence electrons. The number of nitrogens with two attached hydrogens (primary N) is 1. The zero-order valence-electron chi connectivity index (χ0n) is 13.1. The third-order valence-electron chi connectivity index (χ3n) is 3.61. The summed E-state index contributed by atoms with van der Waals surface area (Å²) in [6, 6.07) is 16.5. The van der Waals surface area contributed by atoms with Gasteiger partial charge in [0.2, 0.25) is 11.8 Å². The molecular formula is C17H14N4O2S2. The Balaban J connectivity index is 1.63. The highest BCUT2D eigenvalue weighted by Gasteiger charge is 2.24. The van der Waals surface area contributed by atoms with Gasteiger partial charge in [-0.25, -0.2) is 0 Å². The summed E-state index contributed by atoms with van der Waals surface area (Å²) in [6.07, 6.45) is 0. The van der Waals surface area contributed by atoms with Crippen LogP contribution in [0.25, 0.3) is 0 Å². The molecule has 0 aliphatic carbocycles. The maximum absolute atomic E-state index is 10.9. The first kappa shape index (κ1) is 16.0. The molecule has 1 aliphatic heterocycles. The van der Waals surface area contributed by atoms with Gasteiger partial charge in [-0.15, -0.1) is 10.2 Å². The molecule has 4 rings (SSSR count). The minimum absolute atomic E-state index is 0.119. The third-order valence-corrected chi connectivity index (χ3v) is 5.58. The molecule has 3 aromatic rings. The molecule has 1 aliphatic rings. The Morgan fingerprint density at radius 3 is 2.36 bits per heavy atom. The van der Waals surface area contributed by atoms with E-state index in [0.29, 0.717) is 17.7 Å². The highest BCUT2D eigenvalue weighted by molar-refractivity contribution is 8.00. The number of rotatable bonds is 5. The lowest BCUT2D eigenvalue weighted by atomic mass is 10.2. The average Bonchev–Trinajstić information content (AvgIpc) is 3.07. The van der Waals surface area contributed by atoms with E-state index in [1.54, 1.807) is 11.8 Å². The van der Waals surface area contributed by atoms with Gasteiger partial charge < -0.3 is 15.1 Å². The topological polar surface area (TPSA) is 85.2 Å². The molecule has 2 N–H and O–H groups in total. The van der Waals surface area contributed by atoms with E-state index in [0.717, 1.165) is 23.1 Å². The van der Waals surface area contributed by atoms with Crippen LogP contribution in [0.1, 0.15) is 5.89 Å². The van der Waals surface area contributed by atoms with Crippen molar-refractivity contribution < 1.29 is 9.21 Å². The van der Waals surface area contributed by atoms with E-state index >= 15 is 0 Å². The molecule has 25 heavy (non-hydrogen) atoms. The van der Waals surface area contributed by atoms with Crippen LogP contribution in [-0.2, 0) is 11.3 Å². The summed E-state index contributed by atoms with van der Waals surface area (Å²) in [5.41, 5.74) is 7.36. The smallest absolute Gasteiger partial charge is 0.277 e. The summed E-state index contributed by atoms with van der Waals surface area (Å²) in [6.45, 7) is 0.457. The maximum atomic E-state index is 10.9. The quantitative estimate of drug-likeness (QED) is 0.689. The molecule has 6 nitrogen and oxygen atoms in total. The Kier molecular flexibility index (Phi) is 4.37. The molecular weight excluding hydrogens is 356 g/mol. The van der Waals surface area contributed by atoms with Gasteiger partial charge in [0.25, 0.3) is 5.22 Å². The average molecular weight is 370 g/mol. The van der Waals surface area contributed by atoms with Gasteiger partial charge in [0, 0.05) is 9.79 Å².